The van der Waals surface area contributed by atoms with Gasteiger partial charge in [0.05, 0.1) is 22.2 Å². The van der Waals surface area contributed by atoms with E-state index in [0.29, 0.717) is 16.3 Å². The van der Waals surface area contributed by atoms with E-state index in [1.807, 2.05) is 0 Å². The van der Waals surface area contributed by atoms with E-state index in [9.17, 15) is 16.8 Å². The normalized spacial score (nSPS) is 18.6. The van der Waals surface area contributed by atoms with E-state index < -0.39 is 25.1 Å². The van der Waals surface area contributed by atoms with Crippen molar-refractivity contribution in [1.29, 1.82) is 0 Å². The van der Waals surface area contributed by atoms with Crippen LogP contribution in [0.2, 0.25) is 5.02 Å². The first-order chi connectivity index (χ1) is 12.7. The van der Waals surface area contributed by atoms with Crippen molar-refractivity contribution in [1.82, 2.24) is 4.31 Å². The Hall–Kier alpha value is -1.61. The van der Waals surface area contributed by atoms with Gasteiger partial charge in [0.2, 0.25) is 10.0 Å². The third-order valence-corrected chi connectivity index (χ3v) is 9.16. The maximum atomic E-state index is 13.0. The standard InChI is InChI=1S/C18H20ClNO5S2/c1-13-11-15(25-2)5-8-18(13)27(23,24)20-10-9-17(12-20)26(21,22)16-6-3-14(19)4-7-16/h3-8,11,17H,9-10,12H2,1-2H3. The van der Waals surface area contributed by atoms with Crippen LogP contribution < -0.4 is 4.74 Å². The van der Waals surface area contributed by atoms with E-state index in [4.69, 9.17) is 16.3 Å². The lowest BCUT2D eigenvalue weighted by Gasteiger charge is -2.18. The molecule has 27 heavy (non-hydrogen) atoms. The van der Waals surface area contributed by atoms with Gasteiger partial charge >= 0.3 is 0 Å². The first-order valence-corrected chi connectivity index (χ1v) is 11.7. The molecule has 0 N–H and O–H groups in total. The van der Waals surface area contributed by atoms with Crippen molar-refractivity contribution in [3.63, 3.8) is 0 Å². The first kappa shape index (κ1) is 20.1. The molecule has 9 heteroatoms. The van der Waals surface area contributed by atoms with Gasteiger partial charge in [-0.3, -0.25) is 0 Å². The molecule has 6 nitrogen and oxygen atoms in total. The van der Waals surface area contributed by atoms with Crippen molar-refractivity contribution in [3.05, 3.63) is 53.1 Å². The molecule has 0 aromatic heterocycles. The van der Waals surface area contributed by atoms with E-state index in [2.05, 4.69) is 0 Å². The fourth-order valence-corrected chi connectivity index (χ4v) is 6.78. The minimum atomic E-state index is -3.78. The molecule has 1 aliphatic heterocycles. The van der Waals surface area contributed by atoms with Crippen molar-refractivity contribution in [2.45, 2.75) is 28.4 Å². The molecule has 146 valence electrons. The minimum Gasteiger partial charge on any atom is -0.497 e. The molecule has 1 saturated heterocycles. The maximum absolute atomic E-state index is 13.0. The van der Waals surface area contributed by atoms with E-state index in [-0.39, 0.29) is 29.3 Å². The van der Waals surface area contributed by atoms with Crippen LogP contribution in [0.15, 0.2) is 52.3 Å². The first-order valence-electron chi connectivity index (χ1n) is 8.30. The van der Waals surface area contributed by atoms with Gasteiger partial charge in [0.25, 0.3) is 0 Å². The van der Waals surface area contributed by atoms with Gasteiger partial charge in [-0.25, -0.2) is 16.8 Å². The summed E-state index contributed by atoms with van der Waals surface area (Å²) in [6, 6.07) is 10.6. The Morgan fingerprint density at radius 3 is 2.33 bits per heavy atom. The summed E-state index contributed by atoms with van der Waals surface area (Å²) in [5, 5.41) is -0.341. The second-order valence-electron chi connectivity index (χ2n) is 6.40. The molecule has 0 spiro atoms. The van der Waals surface area contributed by atoms with Crippen LogP contribution in [0.1, 0.15) is 12.0 Å². The number of ether oxygens (including phenoxy) is 1. The zero-order valence-corrected chi connectivity index (χ0v) is 17.3. The molecule has 3 rings (SSSR count). The number of hydrogen-bond acceptors (Lipinski definition) is 5. The van der Waals surface area contributed by atoms with Crippen LogP contribution in [0.3, 0.4) is 0 Å². The number of sulfone groups is 1. The lowest BCUT2D eigenvalue weighted by atomic mass is 10.2. The summed E-state index contributed by atoms with van der Waals surface area (Å²) < 4.78 is 58.0. The molecule has 2 aromatic rings. The molecule has 0 amide bonds. The van der Waals surface area contributed by atoms with Gasteiger partial charge in [-0.2, -0.15) is 4.31 Å². The maximum Gasteiger partial charge on any atom is 0.243 e. The summed E-state index contributed by atoms with van der Waals surface area (Å²) in [5.74, 6) is 0.566. The Bertz CT molecular complexity index is 1050. The Balaban J connectivity index is 1.85. The number of hydrogen-bond donors (Lipinski definition) is 0. The van der Waals surface area contributed by atoms with E-state index in [1.54, 1.807) is 19.1 Å². The number of halogens is 1. The number of rotatable bonds is 5. The van der Waals surface area contributed by atoms with Gasteiger partial charge < -0.3 is 4.74 Å². The fraction of sp³-hybridized carbons (Fsp3) is 0.333. The average Bonchev–Trinajstić information content (AvgIpc) is 3.13. The molecule has 0 radical (unpaired) electrons. The molecule has 1 heterocycles. The molecule has 0 bridgehead atoms. The second kappa shape index (κ2) is 7.43. The highest BCUT2D eigenvalue weighted by Crippen LogP contribution is 2.30. The molecule has 0 saturated carbocycles. The highest BCUT2D eigenvalue weighted by molar-refractivity contribution is 7.92. The van der Waals surface area contributed by atoms with E-state index >= 15 is 0 Å². The Kier molecular flexibility index (Phi) is 5.54. The monoisotopic (exact) mass is 429 g/mol. The molecule has 1 aliphatic rings. The largest absolute Gasteiger partial charge is 0.497 e. The Morgan fingerprint density at radius 1 is 1.07 bits per heavy atom. The summed E-state index contributed by atoms with van der Waals surface area (Å²) >= 11 is 5.82. The van der Waals surface area contributed by atoms with Crippen LogP contribution >= 0.6 is 11.6 Å². The highest BCUT2D eigenvalue weighted by atomic mass is 35.5. The number of aryl methyl sites for hydroxylation is 1. The van der Waals surface area contributed by atoms with Crippen molar-refractivity contribution in [3.8, 4) is 5.75 Å². The van der Waals surface area contributed by atoms with E-state index in [0.717, 1.165) is 0 Å². The molecular formula is C18H20ClNO5S2. The third-order valence-electron chi connectivity index (χ3n) is 4.69. The molecule has 1 unspecified atom stereocenters. The van der Waals surface area contributed by atoms with Gasteiger partial charge in [0, 0.05) is 18.1 Å². The number of methoxy groups -OCH3 is 1. The van der Waals surface area contributed by atoms with E-state index in [1.165, 1.54) is 41.7 Å². The van der Waals surface area contributed by atoms with Crippen LogP contribution in [-0.2, 0) is 19.9 Å². The van der Waals surface area contributed by atoms with Gasteiger partial charge in [0.1, 0.15) is 5.75 Å². The van der Waals surface area contributed by atoms with Crippen molar-refractivity contribution >= 4 is 31.5 Å². The summed E-state index contributed by atoms with van der Waals surface area (Å²) in [7, 11) is -5.91. The molecule has 2 aromatic carbocycles. The number of nitrogens with zero attached hydrogens (tertiary/aromatic N) is 1. The minimum absolute atomic E-state index is 0.0707. The third kappa shape index (κ3) is 3.85. The predicted octanol–water partition coefficient (Wildman–Crippen LogP) is 2.89. The quantitative estimate of drug-likeness (QED) is 0.730. The number of benzene rings is 2. The lowest BCUT2D eigenvalue weighted by molar-refractivity contribution is 0.414. The topological polar surface area (TPSA) is 80.8 Å². The Morgan fingerprint density at radius 2 is 1.74 bits per heavy atom. The van der Waals surface area contributed by atoms with Gasteiger partial charge in [-0.1, -0.05) is 11.6 Å². The molecule has 1 fully saturated rings. The van der Waals surface area contributed by atoms with Gasteiger partial charge in [0.15, 0.2) is 9.84 Å². The zero-order chi connectivity index (χ0) is 19.8. The average molecular weight is 430 g/mol. The Labute approximate surface area is 164 Å². The smallest absolute Gasteiger partial charge is 0.243 e. The second-order valence-corrected chi connectivity index (χ2v) is 11.0. The molecule has 0 aliphatic carbocycles. The highest BCUT2D eigenvalue weighted by Gasteiger charge is 2.39. The van der Waals surface area contributed by atoms with Gasteiger partial charge in [-0.15, -0.1) is 0 Å². The SMILES string of the molecule is COc1ccc(S(=O)(=O)N2CCC(S(=O)(=O)c3ccc(Cl)cc3)C2)c(C)c1. The van der Waals surface area contributed by atoms with Crippen molar-refractivity contribution in [2.24, 2.45) is 0 Å². The van der Waals surface area contributed by atoms with Crippen molar-refractivity contribution in [2.75, 3.05) is 20.2 Å². The zero-order valence-electron chi connectivity index (χ0n) is 14.9. The van der Waals surface area contributed by atoms with Crippen molar-refractivity contribution < 1.29 is 21.6 Å². The van der Waals surface area contributed by atoms with Crippen LogP contribution in [0.4, 0.5) is 0 Å². The summed E-state index contributed by atoms with van der Waals surface area (Å²) in [6.45, 7) is 1.78. The summed E-state index contributed by atoms with van der Waals surface area (Å²) in [6.07, 6.45) is 0.249. The van der Waals surface area contributed by atoms with Crippen LogP contribution in [0.25, 0.3) is 0 Å². The van der Waals surface area contributed by atoms with Crippen LogP contribution in [-0.4, -0.2) is 46.6 Å². The predicted molar refractivity (Wildman–Crippen MR) is 104 cm³/mol. The van der Waals surface area contributed by atoms with Crippen LogP contribution in [0.5, 0.6) is 5.75 Å². The number of sulfonamides is 1. The van der Waals surface area contributed by atoms with Gasteiger partial charge in [-0.05, 0) is 61.4 Å². The lowest BCUT2D eigenvalue weighted by Crippen LogP contribution is -2.32. The molecule has 1 atom stereocenters. The molecular weight excluding hydrogens is 410 g/mol. The van der Waals surface area contributed by atoms with Crippen LogP contribution in [0, 0.1) is 6.92 Å². The summed E-state index contributed by atoms with van der Waals surface area (Å²) in [4.78, 5) is 0.310. The summed E-state index contributed by atoms with van der Waals surface area (Å²) in [5.41, 5.74) is 0.554. The fourth-order valence-electron chi connectivity index (χ4n) is 3.16.